The summed E-state index contributed by atoms with van der Waals surface area (Å²) in [5.74, 6) is 0.114. The minimum atomic E-state index is -4.26. The Bertz CT molecular complexity index is 769. The van der Waals surface area contributed by atoms with E-state index in [9.17, 15) is 16.8 Å². The summed E-state index contributed by atoms with van der Waals surface area (Å²) in [5, 5.41) is 13.9. The monoisotopic (exact) mass is 350 g/mol. The van der Waals surface area contributed by atoms with Crippen molar-refractivity contribution < 1.29 is 26.1 Å². The first-order valence-corrected chi connectivity index (χ1v) is 8.79. The Kier molecular flexibility index (Phi) is 6.09. The molecular formula is C10H14N4O6S2. The van der Waals surface area contributed by atoms with Gasteiger partial charge in [-0.05, 0) is 18.6 Å². The Morgan fingerprint density at radius 3 is 2.55 bits per heavy atom. The van der Waals surface area contributed by atoms with Crippen LogP contribution in [-0.4, -0.2) is 34.5 Å². The second kappa shape index (κ2) is 7.38. The Balaban J connectivity index is 2.72. The lowest BCUT2D eigenvalue weighted by atomic mass is 10.2. The lowest BCUT2D eigenvalue weighted by molar-refractivity contribution is 0.310. The summed E-state index contributed by atoms with van der Waals surface area (Å²) >= 11 is 0. The third-order valence-corrected chi connectivity index (χ3v) is 3.33. The molecule has 122 valence electrons. The molecule has 0 radical (unpaired) electrons. The number of hydrogen-bond donors (Lipinski definition) is 4. The third-order valence-electron chi connectivity index (χ3n) is 2.25. The maximum absolute atomic E-state index is 11.0. The summed E-state index contributed by atoms with van der Waals surface area (Å²) in [4.78, 5) is 0. The molecule has 0 atom stereocenters. The van der Waals surface area contributed by atoms with Crippen LogP contribution in [0.25, 0.3) is 0 Å². The predicted molar refractivity (Wildman–Crippen MR) is 77.6 cm³/mol. The van der Waals surface area contributed by atoms with Crippen LogP contribution in [0.15, 0.2) is 18.2 Å². The third kappa shape index (κ3) is 6.70. The summed E-state index contributed by atoms with van der Waals surface area (Å²) < 4.78 is 60.4. The van der Waals surface area contributed by atoms with Crippen LogP contribution in [0.1, 0.15) is 12.0 Å². The fourth-order valence-corrected chi connectivity index (χ4v) is 2.34. The number of ether oxygens (including phenoxy) is 1. The lowest BCUT2D eigenvalue weighted by Gasteiger charge is -2.11. The molecule has 5 N–H and O–H groups in total. The molecule has 1 aromatic rings. The van der Waals surface area contributed by atoms with E-state index in [1.807, 2.05) is 9.44 Å². The van der Waals surface area contributed by atoms with Crippen molar-refractivity contribution in [2.75, 3.05) is 17.9 Å². The molecule has 22 heavy (non-hydrogen) atoms. The van der Waals surface area contributed by atoms with Gasteiger partial charge in [-0.2, -0.15) is 26.8 Å². The van der Waals surface area contributed by atoms with Gasteiger partial charge >= 0.3 is 10.3 Å². The van der Waals surface area contributed by atoms with E-state index in [1.165, 1.54) is 18.2 Å². The molecule has 0 amide bonds. The van der Waals surface area contributed by atoms with Crippen LogP contribution < -0.4 is 19.3 Å². The molecule has 0 heterocycles. The molecule has 0 fully saturated rings. The first-order valence-electron chi connectivity index (χ1n) is 5.81. The first kappa shape index (κ1) is 18.1. The zero-order valence-electron chi connectivity index (χ0n) is 11.2. The minimum Gasteiger partial charge on any atom is -0.492 e. The van der Waals surface area contributed by atoms with E-state index in [-0.39, 0.29) is 36.6 Å². The van der Waals surface area contributed by atoms with Crippen molar-refractivity contribution in [2.24, 2.45) is 5.14 Å². The van der Waals surface area contributed by atoms with Gasteiger partial charge in [-0.25, -0.2) is 5.14 Å². The second-order valence-electron chi connectivity index (χ2n) is 4.01. The number of anilines is 1. The number of benzene rings is 1. The highest BCUT2D eigenvalue weighted by molar-refractivity contribution is 7.90. The summed E-state index contributed by atoms with van der Waals surface area (Å²) in [6.45, 7) is -0.0220. The standard InChI is InChI=1S/C10H14N4O6S2/c11-7-8-9(14-21(12,15)16)3-1-4-10(8)20-6-2-5-13-22(17,18)19/h1,3-4,13-14H,2,5-6H2,(H2,12,15,16)(H,17,18,19). The molecule has 0 saturated heterocycles. The Morgan fingerprint density at radius 1 is 1.32 bits per heavy atom. The average molecular weight is 350 g/mol. The molecule has 1 aromatic carbocycles. The Labute approximate surface area is 127 Å². The van der Waals surface area contributed by atoms with Crippen molar-refractivity contribution in [3.63, 3.8) is 0 Å². The van der Waals surface area contributed by atoms with Crippen LogP contribution in [0.4, 0.5) is 5.69 Å². The van der Waals surface area contributed by atoms with Crippen molar-refractivity contribution >= 4 is 26.2 Å². The number of nitriles is 1. The molecule has 1 rings (SSSR count). The fraction of sp³-hybridized carbons (Fsp3) is 0.300. The lowest BCUT2D eigenvalue weighted by Crippen LogP contribution is -2.24. The number of nitrogens with two attached hydrogens (primary N) is 1. The molecule has 0 aliphatic rings. The van der Waals surface area contributed by atoms with Gasteiger partial charge in [0.2, 0.25) is 0 Å². The summed E-state index contributed by atoms with van der Waals surface area (Å²) in [5.41, 5.74) is -0.0853. The van der Waals surface area contributed by atoms with E-state index < -0.39 is 20.5 Å². The predicted octanol–water partition coefficient (Wildman–Crippen LogP) is -0.665. The molecular weight excluding hydrogens is 336 g/mol. The SMILES string of the molecule is N#Cc1c(NS(N)(=O)=O)cccc1OCCCNS(=O)(=O)O. The molecule has 0 spiro atoms. The topological polar surface area (TPSA) is 172 Å². The summed E-state index contributed by atoms with van der Waals surface area (Å²) in [7, 11) is -8.29. The Morgan fingerprint density at radius 2 is 2.00 bits per heavy atom. The van der Waals surface area contributed by atoms with Crippen LogP contribution in [0.5, 0.6) is 5.75 Å². The molecule has 0 aliphatic carbocycles. The number of nitrogens with zero attached hydrogens (tertiary/aromatic N) is 1. The summed E-state index contributed by atoms with van der Waals surface area (Å²) in [6, 6.07) is 6.04. The maximum atomic E-state index is 11.0. The zero-order chi connectivity index (χ0) is 16.8. The van der Waals surface area contributed by atoms with Crippen molar-refractivity contribution in [2.45, 2.75) is 6.42 Å². The van der Waals surface area contributed by atoms with Crippen molar-refractivity contribution in [3.8, 4) is 11.8 Å². The van der Waals surface area contributed by atoms with Gasteiger partial charge in [0.25, 0.3) is 10.2 Å². The molecule has 0 bridgehead atoms. The van der Waals surface area contributed by atoms with E-state index >= 15 is 0 Å². The summed E-state index contributed by atoms with van der Waals surface area (Å²) in [6.07, 6.45) is 0.220. The van der Waals surface area contributed by atoms with Crippen LogP contribution in [0, 0.1) is 11.3 Å². The van der Waals surface area contributed by atoms with Gasteiger partial charge in [-0.3, -0.25) is 9.27 Å². The smallest absolute Gasteiger partial charge is 0.333 e. The van der Waals surface area contributed by atoms with E-state index in [0.717, 1.165) is 0 Å². The fourth-order valence-electron chi connectivity index (χ4n) is 1.46. The van der Waals surface area contributed by atoms with Gasteiger partial charge in [0.1, 0.15) is 17.4 Å². The number of nitrogens with one attached hydrogen (secondary N) is 2. The van der Waals surface area contributed by atoms with Gasteiger partial charge in [-0.1, -0.05) is 6.07 Å². The molecule has 0 aromatic heterocycles. The van der Waals surface area contributed by atoms with Gasteiger partial charge in [-0.15, -0.1) is 0 Å². The van der Waals surface area contributed by atoms with Crippen LogP contribution in [-0.2, 0) is 20.5 Å². The maximum Gasteiger partial charge on any atom is 0.333 e. The van der Waals surface area contributed by atoms with Crippen LogP contribution in [0.2, 0.25) is 0 Å². The minimum absolute atomic E-state index is 0.0291. The molecule has 0 saturated carbocycles. The largest absolute Gasteiger partial charge is 0.492 e. The van der Waals surface area contributed by atoms with Crippen LogP contribution in [0.3, 0.4) is 0 Å². The van der Waals surface area contributed by atoms with Gasteiger partial charge < -0.3 is 4.74 Å². The van der Waals surface area contributed by atoms with E-state index in [2.05, 4.69) is 0 Å². The van der Waals surface area contributed by atoms with Gasteiger partial charge in [0.05, 0.1) is 12.3 Å². The van der Waals surface area contributed by atoms with Gasteiger partial charge in [0, 0.05) is 6.54 Å². The average Bonchev–Trinajstić information content (AvgIpc) is 2.35. The highest BCUT2D eigenvalue weighted by Crippen LogP contribution is 2.26. The molecule has 0 aliphatic heterocycles. The molecule has 10 nitrogen and oxygen atoms in total. The van der Waals surface area contributed by atoms with E-state index in [4.69, 9.17) is 19.7 Å². The van der Waals surface area contributed by atoms with Crippen molar-refractivity contribution in [1.82, 2.24) is 4.72 Å². The van der Waals surface area contributed by atoms with Crippen molar-refractivity contribution in [3.05, 3.63) is 23.8 Å². The normalized spacial score (nSPS) is 11.7. The highest BCUT2D eigenvalue weighted by Gasteiger charge is 2.12. The number of hydrogen-bond acceptors (Lipinski definition) is 6. The van der Waals surface area contributed by atoms with E-state index in [1.54, 1.807) is 6.07 Å². The zero-order valence-corrected chi connectivity index (χ0v) is 12.8. The first-order chi connectivity index (χ1) is 10.1. The Hall–Kier alpha value is -1.91. The highest BCUT2D eigenvalue weighted by atomic mass is 32.2. The molecule has 12 heteroatoms. The second-order valence-corrected chi connectivity index (χ2v) is 6.54. The molecule has 0 unspecified atom stereocenters. The quantitative estimate of drug-likeness (QED) is 0.355. The van der Waals surface area contributed by atoms with Crippen molar-refractivity contribution in [1.29, 1.82) is 5.26 Å². The van der Waals surface area contributed by atoms with Crippen LogP contribution >= 0.6 is 0 Å². The van der Waals surface area contributed by atoms with Gasteiger partial charge in [0.15, 0.2) is 0 Å². The van der Waals surface area contributed by atoms with E-state index in [0.29, 0.717) is 0 Å². The number of rotatable bonds is 8.